The van der Waals surface area contributed by atoms with Gasteiger partial charge in [-0.05, 0) is 70.8 Å². The van der Waals surface area contributed by atoms with Crippen LogP contribution in [0.2, 0.25) is 0 Å². The molecule has 1 aliphatic rings. The van der Waals surface area contributed by atoms with Gasteiger partial charge in [-0.25, -0.2) is 4.39 Å². The molecule has 1 aromatic carbocycles. The summed E-state index contributed by atoms with van der Waals surface area (Å²) in [5.41, 5.74) is 1.73. The summed E-state index contributed by atoms with van der Waals surface area (Å²) in [6.07, 6.45) is 4.01. The second-order valence-electron chi connectivity index (χ2n) is 6.93. The minimum atomic E-state index is -0.809. The largest absolute Gasteiger partial charge is 0.386 e. The number of halogens is 1. The summed E-state index contributed by atoms with van der Waals surface area (Å²) < 4.78 is 14.4. The molecular weight excluding hydrogens is 265 g/mol. The maximum Gasteiger partial charge on any atom is 0.129 e. The molecule has 1 saturated heterocycles. The van der Waals surface area contributed by atoms with E-state index in [4.69, 9.17) is 0 Å². The highest BCUT2D eigenvalue weighted by Gasteiger charge is 2.37. The molecule has 1 N–H and O–H groups in total. The van der Waals surface area contributed by atoms with Crippen LogP contribution in [0.3, 0.4) is 0 Å². The molecule has 0 saturated carbocycles. The first-order valence-electron chi connectivity index (χ1n) is 8.04. The number of likely N-dealkylation sites (tertiary alicyclic amines) is 1. The molecule has 0 bridgehead atoms. The molecule has 21 heavy (non-hydrogen) atoms. The number of aryl methyl sites for hydroxylation is 2. The molecule has 2 nitrogen and oxygen atoms in total. The van der Waals surface area contributed by atoms with Gasteiger partial charge in [0, 0.05) is 11.1 Å². The number of rotatable bonds is 3. The zero-order valence-electron chi connectivity index (χ0n) is 13.7. The topological polar surface area (TPSA) is 23.5 Å². The number of benzene rings is 1. The second kappa shape index (κ2) is 6.45. The normalized spacial score (nSPS) is 19.3. The van der Waals surface area contributed by atoms with Gasteiger partial charge in [0.15, 0.2) is 0 Å². The SMILES string of the molecule is Cc1cc(C)c(C(O)C(C)(C)N2CCCCCC2)c(F)c1. The summed E-state index contributed by atoms with van der Waals surface area (Å²) in [7, 11) is 0. The van der Waals surface area contributed by atoms with Crippen LogP contribution in [0.4, 0.5) is 4.39 Å². The van der Waals surface area contributed by atoms with Crippen LogP contribution in [0.25, 0.3) is 0 Å². The number of hydrogen-bond acceptors (Lipinski definition) is 2. The summed E-state index contributed by atoms with van der Waals surface area (Å²) in [5.74, 6) is -0.289. The van der Waals surface area contributed by atoms with Gasteiger partial charge < -0.3 is 5.11 Å². The van der Waals surface area contributed by atoms with Gasteiger partial charge in [0.05, 0.1) is 6.10 Å². The molecule has 118 valence electrons. The predicted molar refractivity (Wildman–Crippen MR) is 85.0 cm³/mol. The number of aliphatic hydroxyl groups is 1. The van der Waals surface area contributed by atoms with E-state index in [0.29, 0.717) is 5.56 Å². The quantitative estimate of drug-likeness (QED) is 0.905. The summed E-state index contributed by atoms with van der Waals surface area (Å²) >= 11 is 0. The number of aliphatic hydroxyl groups excluding tert-OH is 1. The monoisotopic (exact) mass is 293 g/mol. The van der Waals surface area contributed by atoms with Crippen LogP contribution in [0.15, 0.2) is 12.1 Å². The maximum atomic E-state index is 14.4. The van der Waals surface area contributed by atoms with Gasteiger partial charge in [0.2, 0.25) is 0 Å². The van der Waals surface area contributed by atoms with E-state index in [-0.39, 0.29) is 5.82 Å². The van der Waals surface area contributed by atoms with Crippen molar-refractivity contribution in [3.05, 3.63) is 34.6 Å². The zero-order chi connectivity index (χ0) is 15.6. The summed E-state index contributed by atoms with van der Waals surface area (Å²) in [6, 6.07) is 3.46. The summed E-state index contributed by atoms with van der Waals surface area (Å²) in [4.78, 5) is 2.32. The Kier molecular flexibility index (Phi) is 5.05. The van der Waals surface area contributed by atoms with Gasteiger partial charge in [-0.15, -0.1) is 0 Å². The maximum absolute atomic E-state index is 14.4. The van der Waals surface area contributed by atoms with Gasteiger partial charge in [0.1, 0.15) is 5.82 Å². The predicted octanol–water partition coefficient (Wildman–Crippen LogP) is 4.13. The van der Waals surface area contributed by atoms with Gasteiger partial charge in [0.25, 0.3) is 0 Å². The summed E-state index contributed by atoms with van der Waals surface area (Å²) in [6.45, 7) is 9.79. The van der Waals surface area contributed by atoms with Crippen molar-refractivity contribution in [1.82, 2.24) is 4.90 Å². The Balaban J connectivity index is 2.30. The molecule has 1 unspecified atom stereocenters. The Morgan fingerprint density at radius 2 is 1.67 bits per heavy atom. The van der Waals surface area contributed by atoms with Crippen molar-refractivity contribution < 1.29 is 9.50 Å². The fourth-order valence-electron chi connectivity index (χ4n) is 3.45. The first-order valence-corrected chi connectivity index (χ1v) is 8.04. The highest BCUT2D eigenvalue weighted by Crippen LogP contribution is 2.35. The molecule has 1 heterocycles. The van der Waals surface area contributed by atoms with Gasteiger partial charge >= 0.3 is 0 Å². The van der Waals surface area contributed by atoms with Crippen molar-refractivity contribution >= 4 is 0 Å². The smallest absolute Gasteiger partial charge is 0.129 e. The van der Waals surface area contributed by atoms with Gasteiger partial charge in [-0.3, -0.25) is 4.90 Å². The molecule has 1 fully saturated rings. The van der Waals surface area contributed by atoms with E-state index >= 15 is 0 Å². The van der Waals surface area contributed by atoms with Crippen molar-refractivity contribution in [3.63, 3.8) is 0 Å². The third-order valence-electron chi connectivity index (χ3n) is 4.84. The lowest BCUT2D eigenvalue weighted by Gasteiger charge is -2.42. The molecule has 0 aromatic heterocycles. The van der Waals surface area contributed by atoms with Gasteiger partial charge in [-0.2, -0.15) is 0 Å². The first kappa shape index (κ1) is 16.4. The van der Waals surface area contributed by atoms with E-state index in [1.165, 1.54) is 18.9 Å². The molecule has 3 heteroatoms. The van der Waals surface area contributed by atoms with Crippen LogP contribution in [0.5, 0.6) is 0 Å². The third-order valence-corrected chi connectivity index (χ3v) is 4.84. The van der Waals surface area contributed by atoms with E-state index in [9.17, 15) is 9.50 Å². The van der Waals surface area contributed by atoms with Crippen LogP contribution >= 0.6 is 0 Å². The molecule has 0 radical (unpaired) electrons. The van der Waals surface area contributed by atoms with Crippen molar-refractivity contribution in [2.24, 2.45) is 0 Å². The third kappa shape index (κ3) is 3.46. The van der Waals surface area contributed by atoms with Crippen LogP contribution in [-0.2, 0) is 0 Å². The van der Waals surface area contributed by atoms with Crippen molar-refractivity contribution in [2.75, 3.05) is 13.1 Å². The fourth-order valence-corrected chi connectivity index (χ4v) is 3.45. The average molecular weight is 293 g/mol. The molecule has 1 aliphatic heterocycles. The Labute approximate surface area is 128 Å². The van der Waals surface area contributed by atoms with Gasteiger partial charge in [-0.1, -0.05) is 18.9 Å². The van der Waals surface area contributed by atoms with Crippen molar-refractivity contribution in [3.8, 4) is 0 Å². The van der Waals surface area contributed by atoms with Crippen molar-refractivity contribution in [1.29, 1.82) is 0 Å². The molecule has 2 rings (SSSR count). The second-order valence-corrected chi connectivity index (χ2v) is 6.93. The lowest BCUT2D eigenvalue weighted by Crippen LogP contribution is -2.49. The number of nitrogens with zero attached hydrogens (tertiary/aromatic N) is 1. The standard InChI is InChI=1S/C18H28FNO/c1-13-11-14(2)16(15(19)12-13)17(21)18(3,4)20-9-7-5-6-8-10-20/h11-12,17,21H,5-10H2,1-4H3. The van der Waals surface area contributed by atoms with Crippen LogP contribution in [0.1, 0.15) is 62.3 Å². The summed E-state index contributed by atoms with van der Waals surface area (Å²) in [5, 5.41) is 10.9. The molecule has 1 aromatic rings. The Morgan fingerprint density at radius 1 is 1.10 bits per heavy atom. The van der Waals surface area contributed by atoms with Crippen molar-refractivity contribution in [2.45, 2.75) is 65.0 Å². The minimum absolute atomic E-state index is 0.289. The lowest BCUT2D eigenvalue weighted by atomic mass is 9.86. The van der Waals surface area contributed by atoms with Crippen LogP contribution in [-0.4, -0.2) is 28.6 Å². The van der Waals surface area contributed by atoms with E-state index < -0.39 is 11.6 Å². The lowest BCUT2D eigenvalue weighted by molar-refractivity contribution is -0.0122. The highest BCUT2D eigenvalue weighted by molar-refractivity contribution is 5.35. The Hall–Kier alpha value is -0.930. The molecule has 0 spiro atoms. The fraction of sp³-hybridized carbons (Fsp3) is 0.667. The van der Waals surface area contributed by atoms with E-state index in [1.807, 2.05) is 33.8 Å². The minimum Gasteiger partial charge on any atom is -0.386 e. The van der Waals surface area contributed by atoms with Crippen LogP contribution < -0.4 is 0 Å². The molecule has 1 atom stereocenters. The first-order chi connectivity index (χ1) is 9.84. The van der Waals surface area contributed by atoms with E-state index in [0.717, 1.165) is 37.1 Å². The Bertz CT molecular complexity index is 467. The van der Waals surface area contributed by atoms with E-state index in [1.54, 1.807) is 0 Å². The molecule has 0 aliphatic carbocycles. The Morgan fingerprint density at radius 3 is 2.19 bits per heavy atom. The zero-order valence-corrected chi connectivity index (χ0v) is 13.7. The van der Waals surface area contributed by atoms with E-state index in [2.05, 4.69) is 4.90 Å². The van der Waals surface area contributed by atoms with Crippen LogP contribution in [0, 0.1) is 19.7 Å². The number of hydrogen-bond donors (Lipinski definition) is 1. The highest BCUT2D eigenvalue weighted by atomic mass is 19.1. The molecular formula is C18H28FNO. The average Bonchev–Trinajstić information content (AvgIpc) is 2.66. The molecule has 0 amide bonds.